The van der Waals surface area contributed by atoms with E-state index in [9.17, 15) is 9.59 Å². The molecule has 0 aliphatic heterocycles. The molecule has 0 rings (SSSR count). The van der Waals surface area contributed by atoms with Gasteiger partial charge in [0.25, 0.3) is 0 Å². The summed E-state index contributed by atoms with van der Waals surface area (Å²) in [6.07, 6.45) is 2.95. The maximum Gasteiger partial charge on any atom is 0.309 e. The Bertz CT molecular complexity index is 287. The van der Waals surface area contributed by atoms with E-state index in [0.717, 1.165) is 25.8 Å². The first kappa shape index (κ1) is 16.9. The molecule has 0 aliphatic rings. The van der Waals surface area contributed by atoms with Gasteiger partial charge in [0.15, 0.2) is 0 Å². The lowest BCUT2D eigenvalue weighted by Gasteiger charge is -2.31. The highest BCUT2D eigenvalue weighted by atomic mass is 16.4. The lowest BCUT2D eigenvalue weighted by Crippen LogP contribution is -2.42. The Balaban J connectivity index is 4.70. The van der Waals surface area contributed by atoms with E-state index in [-0.39, 0.29) is 18.4 Å². The smallest absolute Gasteiger partial charge is 0.309 e. The Morgan fingerprint density at radius 1 is 1.28 bits per heavy atom. The molecule has 0 radical (unpaired) electrons. The molecule has 0 aliphatic carbocycles. The summed E-state index contributed by atoms with van der Waals surface area (Å²) in [5.41, 5.74) is -0.991. The van der Waals surface area contributed by atoms with Gasteiger partial charge in [-0.2, -0.15) is 0 Å². The number of carbonyl (C=O) groups excluding carboxylic acids is 1. The second-order valence-electron chi connectivity index (χ2n) is 5.56. The van der Waals surface area contributed by atoms with Crippen LogP contribution in [-0.2, 0) is 9.59 Å². The van der Waals surface area contributed by atoms with Crippen LogP contribution in [0.5, 0.6) is 0 Å². The van der Waals surface area contributed by atoms with Gasteiger partial charge in [-0.1, -0.05) is 20.3 Å². The Labute approximate surface area is 110 Å². The van der Waals surface area contributed by atoms with E-state index < -0.39 is 11.4 Å². The third-order valence-electron chi connectivity index (χ3n) is 3.37. The van der Waals surface area contributed by atoms with Crippen LogP contribution in [0.1, 0.15) is 60.3 Å². The molecule has 4 nitrogen and oxygen atoms in total. The molecule has 1 N–H and O–H groups in total. The summed E-state index contributed by atoms with van der Waals surface area (Å²) in [6, 6.07) is 0.175. The monoisotopic (exact) mass is 257 g/mol. The number of amides is 1. The highest BCUT2D eigenvalue weighted by Gasteiger charge is 2.32. The molecule has 1 unspecified atom stereocenters. The number of aliphatic carboxylic acids is 1. The van der Waals surface area contributed by atoms with E-state index in [0.29, 0.717) is 0 Å². The van der Waals surface area contributed by atoms with Gasteiger partial charge in [0.05, 0.1) is 5.41 Å². The molecule has 0 spiro atoms. The molecule has 4 heteroatoms. The van der Waals surface area contributed by atoms with Crippen LogP contribution < -0.4 is 0 Å². The zero-order valence-corrected chi connectivity index (χ0v) is 12.3. The number of carboxylic acid groups (broad SMARTS) is 1. The molecule has 0 heterocycles. The van der Waals surface area contributed by atoms with Crippen molar-refractivity contribution in [3.8, 4) is 0 Å². The Morgan fingerprint density at radius 3 is 2.22 bits per heavy atom. The Hall–Kier alpha value is -1.06. The molecule has 0 bridgehead atoms. The van der Waals surface area contributed by atoms with Gasteiger partial charge in [0.2, 0.25) is 5.91 Å². The molecule has 0 aromatic carbocycles. The maximum atomic E-state index is 12.2. The summed E-state index contributed by atoms with van der Waals surface area (Å²) in [5.74, 6) is -0.972. The zero-order chi connectivity index (χ0) is 14.3. The number of rotatable bonds is 8. The molecule has 1 amide bonds. The van der Waals surface area contributed by atoms with Crippen LogP contribution in [0.15, 0.2) is 0 Å². The number of hydrogen-bond acceptors (Lipinski definition) is 2. The average molecular weight is 257 g/mol. The highest BCUT2D eigenvalue weighted by molar-refractivity contribution is 5.84. The summed E-state index contributed by atoms with van der Waals surface area (Å²) in [4.78, 5) is 25.1. The minimum Gasteiger partial charge on any atom is -0.481 e. The first-order chi connectivity index (χ1) is 8.26. The average Bonchev–Trinajstić information content (AvgIpc) is 2.28. The molecule has 0 aromatic rings. The Kier molecular flexibility index (Phi) is 6.96. The third-order valence-corrected chi connectivity index (χ3v) is 3.37. The number of hydrogen-bond donors (Lipinski definition) is 1. The van der Waals surface area contributed by atoms with E-state index in [1.165, 1.54) is 0 Å². The topological polar surface area (TPSA) is 57.6 Å². The first-order valence-electron chi connectivity index (χ1n) is 6.79. The molecule has 0 saturated heterocycles. The zero-order valence-electron chi connectivity index (χ0n) is 12.3. The van der Waals surface area contributed by atoms with Crippen LogP contribution in [0.4, 0.5) is 0 Å². The van der Waals surface area contributed by atoms with Crippen molar-refractivity contribution in [2.75, 3.05) is 6.54 Å². The van der Waals surface area contributed by atoms with Gasteiger partial charge >= 0.3 is 5.97 Å². The predicted octanol–water partition coefficient (Wildman–Crippen LogP) is 2.91. The van der Waals surface area contributed by atoms with Crippen molar-refractivity contribution >= 4 is 11.9 Å². The fraction of sp³-hybridized carbons (Fsp3) is 0.857. The molecular weight excluding hydrogens is 230 g/mol. The summed E-state index contributed by atoms with van der Waals surface area (Å²) >= 11 is 0. The molecule has 18 heavy (non-hydrogen) atoms. The van der Waals surface area contributed by atoms with Crippen LogP contribution in [0, 0.1) is 5.41 Å². The van der Waals surface area contributed by atoms with Gasteiger partial charge in [-0.15, -0.1) is 0 Å². The lowest BCUT2D eigenvalue weighted by molar-refractivity contribution is -0.152. The van der Waals surface area contributed by atoms with Gasteiger partial charge in [0.1, 0.15) is 0 Å². The predicted molar refractivity (Wildman–Crippen MR) is 72.4 cm³/mol. The molecule has 0 fully saturated rings. The number of nitrogens with zero attached hydrogens (tertiary/aromatic N) is 1. The largest absolute Gasteiger partial charge is 0.481 e. The summed E-state index contributed by atoms with van der Waals surface area (Å²) in [7, 11) is 0. The van der Waals surface area contributed by atoms with Crippen molar-refractivity contribution in [1.29, 1.82) is 0 Å². The quantitative estimate of drug-likeness (QED) is 0.727. The van der Waals surface area contributed by atoms with Gasteiger partial charge in [-0.3, -0.25) is 9.59 Å². The maximum absolute atomic E-state index is 12.2. The summed E-state index contributed by atoms with van der Waals surface area (Å²) in [6.45, 7) is 10.1. The van der Waals surface area contributed by atoms with Gasteiger partial charge in [0, 0.05) is 19.0 Å². The number of carbonyl (C=O) groups is 2. The molecule has 106 valence electrons. The fourth-order valence-electron chi connectivity index (χ4n) is 1.69. The van der Waals surface area contributed by atoms with E-state index in [2.05, 4.69) is 6.92 Å². The van der Waals surface area contributed by atoms with Crippen LogP contribution in [0.25, 0.3) is 0 Å². The summed E-state index contributed by atoms with van der Waals surface area (Å²) < 4.78 is 0. The van der Waals surface area contributed by atoms with Crippen molar-refractivity contribution in [3.63, 3.8) is 0 Å². The number of carboxylic acids is 1. The van der Waals surface area contributed by atoms with E-state index in [1.54, 1.807) is 13.8 Å². The lowest BCUT2D eigenvalue weighted by atomic mass is 9.88. The Morgan fingerprint density at radius 2 is 1.83 bits per heavy atom. The van der Waals surface area contributed by atoms with Crippen molar-refractivity contribution in [1.82, 2.24) is 4.90 Å². The van der Waals surface area contributed by atoms with Crippen LogP contribution in [0.3, 0.4) is 0 Å². The van der Waals surface area contributed by atoms with Gasteiger partial charge in [-0.05, 0) is 33.6 Å². The SMILES string of the molecule is CCCCN(C(=O)CC(C)(C)C(=O)O)C(C)CC. The summed E-state index contributed by atoms with van der Waals surface area (Å²) in [5, 5.41) is 9.07. The third kappa shape index (κ3) is 5.07. The van der Waals surface area contributed by atoms with Gasteiger partial charge < -0.3 is 10.0 Å². The molecule has 0 saturated carbocycles. The van der Waals surface area contributed by atoms with Crippen molar-refractivity contribution < 1.29 is 14.7 Å². The van der Waals surface area contributed by atoms with Crippen molar-refractivity contribution in [2.24, 2.45) is 5.41 Å². The van der Waals surface area contributed by atoms with Crippen molar-refractivity contribution in [2.45, 2.75) is 66.3 Å². The van der Waals surface area contributed by atoms with Gasteiger partial charge in [-0.25, -0.2) is 0 Å². The highest BCUT2D eigenvalue weighted by Crippen LogP contribution is 2.23. The van der Waals surface area contributed by atoms with Crippen molar-refractivity contribution in [3.05, 3.63) is 0 Å². The van der Waals surface area contributed by atoms with E-state index in [1.807, 2.05) is 18.7 Å². The van der Waals surface area contributed by atoms with Crippen LogP contribution in [-0.4, -0.2) is 34.5 Å². The minimum absolute atomic E-state index is 0.0507. The molecule has 1 atom stereocenters. The molecule has 0 aromatic heterocycles. The number of unbranched alkanes of at least 4 members (excludes halogenated alkanes) is 1. The standard InChI is InChI=1S/C14H27NO3/c1-6-8-9-15(11(3)7-2)12(16)10-14(4,5)13(17)18/h11H,6-10H2,1-5H3,(H,17,18). The normalized spacial score (nSPS) is 13.2. The molecular formula is C14H27NO3. The fourth-order valence-corrected chi connectivity index (χ4v) is 1.69. The van der Waals surface area contributed by atoms with Crippen LogP contribution >= 0.6 is 0 Å². The second-order valence-corrected chi connectivity index (χ2v) is 5.56. The van der Waals surface area contributed by atoms with E-state index >= 15 is 0 Å². The second kappa shape index (κ2) is 7.39. The van der Waals surface area contributed by atoms with E-state index in [4.69, 9.17) is 5.11 Å². The van der Waals surface area contributed by atoms with Crippen LogP contribution in [0.2, 0.25) is 0 Å². The minimum atomic E-state index is -0.991. The first-order valence-corrected chi connectivity index (χ1v) is 6.79.